The van der Waals surface area contributed by atoms with Gasteiger partial charge in [0.2, 0.25) is 0 Å². The lowest BCUT2D eigenvalue weighted by Gasteiger charge is -2.17. The number of nitrogens with one attached hydrogen (secondary N) is 2. The van der Waals surface area contributed by atoms with Crippen molar-refractivity contribution in [2.24, 2.45) is 0 Å². The SMILES string of the molecule is O[C@@H]1[C@H](O)C(COC(=S)NC2CC2)O[C@H]1n1cnc2c(N[C@@H]3CCOC3)ncnc21. The van der Waals surface area contributed by atoms with E-state index in [0.717, 1.165) is 19.3 Å². The van der Waals surface area contributed by atoms with Crippen LogP contribution in [-0.2, 0) is 14.2 Å². The third kappa shape index (κ3) is 3.93. The summed E-state index contributed by atoms with van der Waals surface area (Å²) >= 11 is 5.14. The Labute approximate surface area is 177 Å². The van der Waals surface area contributed by atoms with Gasteiger partial charge in [0.1, 0.15) is 31.2 Å². The predicted octanol–water partition coefficient (Wildman–Crippen LogP) is -0.300. The van der Waals surface area contributed by atoms with Gasteiger partial charge in [-0.25, -0.2) is 15.0 Å². The third-order valence-electron chi connectivity index (χ3n) is 5.52. The van der Waals surface area contributed by atoms with Crippen LogP contribution in [0.25, 0.3) is 11.2 Å². The number of aliphatic hydroxyl groups is 2. The van der Waals surface area contributed by atoms with Crippen molar-refractivity contribution < 1.29 is 24.4 Å². The molecule has 1 saturated carbocycles. The summed E-state index contributed by atoms with van der Waals surface area (Å²) in [5.41, 5.74) is 1.05. The molecule has 2 aromatic heterocycles. The van der Waals surface area contributed by atoms with Crippen LogP contribution in [0, 0.1) is 0 Å². The van der Waals surface area contributed by atoms with Crippen molar-refractivity contribution >= 4 is 34.4 Å². The van der Waals surface area contributed by atoms with Crippen molar-refractivity contribution in [3.63, 3.8) is 0 Å². The van der Waals surface area contributed by atoms with Crippen LogP contribution in [0.1, 0.15) is 25.5 Å². The number of ether oxygens (including phenoxy) is 3. The van der Waals surface area contributed by atoms with Crippen molar-refractivity contribution in [1.29, 1.82) is 0 Å². The minimum atomic E-state index is -1.17. The van der Waals surface area contributed by atoms with Crippen LogP contribution in [0.5, 0.6) is 0 Å². The number of hydrogen-bond acceptors (Lipinski definition) is 10. The highest BCUT2D eigenvalue weighted by atomic mass is 32.1. The summed E-state index contributed by atoms with van der Waals surface area (Å²) in [6.07, 6.45) is 2.10. The Bertz CT molecular complexity index is 918. The lowest BCUT2D eigenvalue weighted by molar-refractivity contribution is -0.0491. The molecule has 5 atom stereocenters. The van der Waals surface area contributed by atoms with Crippen molar-refractivity contribution in [1.82, 2.24) is 24.8 Å². The molecular formula is C18H24N6O5S. The van der Waals surface area contributed by atoms with E-state index in [2.05, 4.69) is 25.6 Å². The van der Waals surface area contributed by atoms with Gasteiger partial charge in [-0.3, -0.25) is 4.57 Å². The summed E-state index contributed by atoms with van der Waals surface area (Å²) < 4.78 is 18.4. The first-order valence-electron chi connectivity index (χ1n) is 10.1. The van der Waals surface area contributed by atoms with Gasteiger partial charge in [0.25, 0.3) is 5.17 Å². The van der Waals surface area contributed by atoms with Crippen LogP contribution >= 0.6 is 12.2 Å². The molecule has 1 aliphatic carbocycles. The van der Waals surface area contributed by atoms with Gasteiger partial charge >= 0.3 is 0 Å². The molecule has 0 amide bonds. The number of aromatic nitrogens is 4. The molecule has 2 aliphatic heterocycles. The van der Waals surface area contributed by atoms with Crippen molar-refractivity contribution in [2.45, 2.75) is 55.9 Å². The van der Waals surface area contributed by atoms with Crippen molar-refractivity contribution in [2.75, 3.05) is 25.1 Å². The maximum Gasteiger partial charge on any atom is 0.256 e. The molecule has 5 rings (SSSR count). The second-order valence-corrected chi connectivity index (χ2v) is 8.19. The van der Waals surface area contributed by atoms with E-state index < -0.39 is 24.5 Å². The molecule has 2 aromatic rings. The fourth-order valence-corrected chi connectivity index (χ4v) is 3.91. The van der Waals surface area contributed by atoms with Gasteiger partial charge in [-0.2, -0.15) is 0 Å². The van der Waals surface area contributed by atoms with Gasteiger partial charge in [0.05, 0.1) is 19.0 Å². The number of imidazole rings is 1. The van der Waals surface area contributed by atoms with Crippen molar-refractivity contribution in [3.05, 3.63) is 12.7 Å². The van der Waals surface area contributed by atoms with Gasteiger partial charge < -0.3 is 35.1 Å². The third-order valence-corrected chi connectivity index (χ3v) is 5.75. The van der Waals surface area contributed by atoms with Crippen LogP contribution in [0.4, 0.5) is 5.82 Å². The first kappa shape index (κ1) is 19.8. The molecule has 1 unspecified atom stereocenters. The number of thiocarbonyl (C=S) groups is 1. The predicted molar refractivity (Wildman–Crippen MR) is 109 cm³/mol. The summed E-state index contributed by atoms with van der Waals surface area (Å²) in [5.74, 6) is 0.596. The molecular weight excluding hydrogens is 412 g/mol. The fraction of sp³-hybridized carbons (Fsp3) is 0.667. The summed E-state index contributed by atoms with van der Waals surface area (Å²) in [4.78, 5) is 13.0. The summed E-state index contributed by atoms with van der Waals surface area (Å²) in [6, 6.07) is 0.541. The topological polar surface area (TPSA) is 136 Å². The Hall–Kier alpha value is -2.12. The minimum absolute atomic E-state index is 0.0311. The summed E-state index contributed by atoms with van der Waals surface area (Å²) in [5, 5.41) is 27.7. The zero-order valence-electron chi connectivity index (χ0n) is 16.2. The largest absolute Gasteiger partial charge is 0.468 e. The van der Waals surface area contributed by atoms with E-state index in [1.807, 2.05) is 0 Å². The van der Waals surface area contributed by atoms with E-state index in [1.165, 1.54) is 12.7 Å². The van der Waals surface area contributed by atoms with Gasteiger partial charge in [-0.05, 0) is 31.5 Å². The Balaban J connectivity index is 1.30. The highest BCUT2D eigenvalue weighted by Crippen LogP contribution is 2.32. The molecule has 2 saturated heterocycles. The smallest absolute Gasteiger partial charge is 0.256 e. The van der Waals surface area contributed by atoms with Gasteiger partial charge in [0.15, 0.2) is 23.2 Å². The van der Waals surface area contributed by atoms with Gasteiger partial charge in [-0.15, -0.1) is 0 Å². The van der Waals surface area contributed by atoms with E-state index >= 15 is 0 Å². The van der Waals surface area contributed by atoms with Crippen LogP contribution in [0.15, 0.2) is 12.7 Å². The maximum absolute atomic E-state index is 10.6. The second kappa shape index (κ2) is 8.19. The van der Waals surface area contributed by atoms with E-state index in [9.17, 15) is 10.2 Å². The minimum Gasteiger partial charge on any atom is -0.468 e. The molecule has 0 spiro atoms. The molecule has 3 fully saturated rings. The standard InChI is InChI=1S/C18H24N6O5S/c25-13-11(6-28-18(30)23-9-1-2-9)29-17(14(13)26)24-8-21-12-15(19-7-20-16(12)24)22-10-3-4-27-5-10/h7-11,13-14,17,25-26H,1-6H2,(H,23,30)(H,19,20,22)/t10-,11?,13-,14-,17-/m1/s1. The monoisotopic (exact) mass is 436 g/mol. The maximum atomic E-state index is 10.6. The quantitative estimate of drug-likeness (QED) is 0.444. The lowest BCUT2D eigenvalue weighted by atomic mass is 10.1. The second-order valence-electron chi connectivity index (χ2n) is 7.81. The molecule has 0 radical (unpaired) electrons. The van der Waals surface area contributed by atoms with Crippen molar-refractivity contribution in [3.8, 4) is 0 Å². The molecule has 12 heteroatoms. The van der Waals surface area contributed by atoms with Crippen LogP contribution < -0.4 is 10.6 Å². The van der Waals surface area contributed by atoms with E-state index in [0.29, 0.717) is 36.2 Å². The van der Waals surface area contributed by atoms with Gasteiger partial charge in [-0.1, -0.05) is 0 Å². The number of anilines is 1. The first-order valence-corrected chi connectivity index (χ1v) is 10.5. The first-order chi connectivity index (χ1) is 14.6. The summed E-state index contributed by atoms with van der Waals surface area (Å²) in [6.45, 7) is 1.36. The molecule has 30 heavy (non-hydrogen) atoms. The van der Waals surface area contributed by atoms with Crippen LogP contribution in [-0.4, -0.2) is 85.1 Å². The number of aliphatic hydroxyl groups excluding tert-OH is 2. The average molecular weight is 436 g/mol. The molecule has 0 bridgehead atoms. The molecule has 162 valence electrons. The highest BCUT2D eigenvalue weighted by Gasteiger charge is 2.45. The fourth-order valence-electron chi connectivity index (χ4n) is 3.68. The van der Waals surface area contributed by atoms with Crippen LogP contribution in [0.3, 0.4) is 0 Å². The number of nitrogens with zero attached hydrogens (tertiary/aromatic N) is 4. The lowest BCUT2D eigenvalue weighted by Crippen LogP contribution is -2.36. The van der Waals surface area contributed by atoms with Crippen LogP contribution in [0.2, 0.25) is 0 Å². The van der Waals surface area contributed by atoms with E-state index in [-0.39, 0.29) is 17.8 Å². The Kier molecular flexibility index (Phi) is 5.41. The molecule has 0 aromatic carbocycles. The molecule has 4 N–H and O–H groups in total. The highest BCUT2D eigenvalue weighted by molar-refractivity contribution is 7.80. The molecule has 11 nitrogen and oxygen atoms in total. The normalized spacial score (nSPS) is 31.2. The molecule has 3 aliphatic rings. The van der Waals surface area contributed by atoms with Gasteiger partial charge in [0, 0.05) is 12.6 Å². The average Bonchev–Trinajstić information content (AvgIpc) is 3.12. The Morgan fingerprint density at radius 1 is 1.20 bits per heavy atom. The zero-order chi connectivity index (χ0) is 20.7. The zero-order valence-corrected chi connectivity index (χ0v) is 17.0. The van der Waals surface area contributed by atoms with E-state index in [4.69, 9.17) is 26.4 Å². The summed E-state index contributed by atoms with van der Waals surface area (Å²) in [7, 11) is 0. The Morgan fingerprint density at radius 2 is 2.07 bits per heavy atom. The number of rotatable bonds is 6. The van der Waals surface area contributed by atoms with E-state index in [1.54, 1.807) is 4.57 Å². The number of hydrogen-bond donors (Lipinski definition) is 4. The molecule has 4 heterocycles. The Morgan fingerprint density at radius 3 is 2.83 bits per heavy atom. The number of fused-ring (bicyclic) bond motifs is 1.